The molecule has 3 nitrogen and oxygen atoms in total. The maximum absolute atomic E-state index is 12.3. The Kier molecular flexibility index (Phi) is 15.5. The van der Waals surface area contributed by atoms with E-state index < -0.39 is 0 Å². The predicted molar refractivity (Wildman–Crippen MR) is 124 cm³/mol. The molecule has 0 saturated heterocycles. The second-order valence-electron chi connectivity index (χ2n) is 8.39. The highest BCUT2D eigenvalue weighted by molar-refractivity contribution is 5.69. The second kappa shape index (κ2) is 17.5. The smallest absolute Gasteiger partial charge is 0.306 e. The molecule has 0 aliphatic rings. The first-order valence-electron chi connectivity index (χ1n) is 12.1. The second-order valence-corrected chi connectivity index (χ2v) is 8.39. The lowest BCUT2D eigenvalue weighted by molar-refractivity contribution is -0.151. The third-order valence-electron chi connectivity index (χ3n) is 5.78. The Morgan fingerprint density at radius 2 is 1.31 bits per heavy atom. The van der Waals surface area contributed by atoms with Crippen molar-refractivity contribution < 1.29 is 9.53 Å². The van der Waals surface area contributed by atoms with Crippen molar-refractivity contribution in [3.8, 4) is 0 Å². The van der Waals surface area contributed by atoms with Gasteiger partial charge in [0, 0.05) is 12.5 Å². The molecule has 0 heterocycles. The molecule has 0 aliphatic carbocycles. The van der Waals surface area contributed by atoms with Crippen molar-refractivity contribution in [2.45, 2.75) is 116 Å². The van der Waals surface area contributed by atoms with Gasteiger partial charge in [0.2, 0.25) is 0 Å². The van der Waals surface area contributed by atoms with E-state index in [4.69, 9.17) is 4.74 Å². The number of rotatable bonds is 18. The van der Waals surface area contributed by atoms with E-state index in [0.29, 0.717) is 6.42 Å². The van der Waals surface area contributed by atoms with Crippen LogP contribution in [-0.4, -0.2) is 19.1 Å². The number of ether oxygens (including phenoxy) is 1. The van der Waals surface area contributed by atoms with Crippen LogP contribution in [0.3, 0.4) is 0 Å². The minimum atomic E-state index is -0.226. The largest absolute Gasteiger partial charge is 0.456 e. The van der Waals surface area contributed by atoms with Gasteiger partial charge in [-0.2, -0.15) is 0 Å². The van der Waals surface area contributed by atoms with Crippen molar-refractivity contribution >= 4 is 5.97 Å². The minimum Gasteiger partial charge on any atom is -0.456 e. The van der Waals surface area contributed by atoms with Gasteiger partial charge < -0.3 is 10.1 Å². The van der Waals surface area contributed by atoms with Crippen LogP contribution in [0.2, 0.25) is 0 Å². The Labute approximate surface area is 180 Å². The van der Waals surface area contributed by atoms with Gasteiger partial charge in [-0.1, -0.05) is 114 Å². The van der Waals surface area contributed by atoms with Crippen LogP contribution in [0.1, 0.15) is 115 Å². The predicted octanol–water partition coefficient (Wildman–Crippen LogP) is 7.36. The van der Waals surface area contributed by atoms with Crippen molar-refractivity contribution in [3.05, 3.63) is 35.9 Å². The molecular weight excluding hydrogens is 358 g/mol. The van der Waals surface area contributed by atoms with E-state index in [1.54, 1.807) is 0 Å². The molecule has 1 rings (SSSR count). The summed E-state index contributed by atoms with van der Waals surface area (Å²) in [7, 11) is 1.90. The molecule has 0 bridgehead atoms. The lowest BCUT2D eigenvalue weighted by atomic mass is 10.0. The van der Waals surface area contributed by atoms with Gasteiger partial charge in [0.15, 0.2) is 0 Å². The summed E-state index contributed by atoms with van der Waals surface area (Å²) in [6, 6.07) is 10.1. The molecule has 0 fully saturated rings. The monoisotopic (exact) mass is 403 g/mol. The summed E-state index contributed by atoms with van der Waals surface area (Å²) >= 11 is 0. The van der Waals surface area contributed by atoms with Gasteiger partial charge in [0.05, 0.1) is 0 Å². The molecule has 29 heavy (non-hydrogen) atoms. The van der Waals surface area contributed by atoms with E-state index in [2.05, 4.69) is 19.2 Å². The molecule has 1 N–H and O–H groups in total. The quantitative estimate of drug-likeness (QED) is 0.205. The van der Waals surface area contributed by atoms with Crippen LogP contribution in [0, 0.1) is 0 Å². The molecule has 0 radical (unpaired) electrons. The van der Waals surface area contributed by atoms with Gasteiger partial charge in [-0.15, -0.1) is 0 Å². The van der Waals surface area contributed by atoms with Crippen molar-refractivity contribution in [2.75, 3.05) is 7.05 Å². The van der Waals surface area contributed by atoms with Crippen LogP contribution in [0.15, 0.2) is 30.3 Å². The van der Waals surface area contributed by atoms with Crippen LogP contribution in [-0.2, 0) is 9.53 Å². The highest BCUT2D eigenvalue weighted by Crippen LogP contribution is 2.22. The van der Waals surface area contributed by atoms with E-state index in [-0.39, 0.29) is 18.1 Å². The maximum Gasteiger partial charge on any atom is 0.306 e. The summed E-state index contributed by atoms with van der Waals surface area (Å²) in [6.45, 7) is 4.32. The number of unbranched alkanes of at least 4 members (excludes halogenated alkanes) is 12. The summed E-state index contributed by atoms with van der Waals surface area (Å²) < 4.78 is 5.79. The van der Waals surface area contributed by atoms with Crippen molar-refractivity contribution in [2.24, 2.45) is 0 Å². The average Bonchev–Trinajstić information content (AvgIpc) is 2.75. The number of hydrogen-bond acceptors (Lipinski definition) is 3. The molecule has 1 aromatic rings. The van der Waals surface area contributed by atoms with Crippen LogP contribution in [0.25, 0.3) is 0 Å². The summed E-state index contributed by atoms with van der Waals surface area (Å²) in [6.07, 6.45) is 17.4. The molecule has 1 aromatic carbocycles. The van der Waals surface area contributed by atoms with Gasteiger partial charge in [-0.05, 0) is 26.0 Å². The van der Waals surface area contributed by atoms with Crippen LogP contribution in [0.5, 0.6) is 0 Å². The fraction of sp³-hybridized carbons (Fsp3) is 0.731. The third kappa shape index (κ3) is 12.7. The van der Waals surface area contributed by atoms with E-state index in [9.17, 15) is 4.79 Å². The van der Waals surface area contributed by atoms with Crippen molar-refractivity contribution in [3.63, 3.8) is 0 Å². The minimum absolute atomic E-state index is 0.0796. The molecule has 3 heteroatoms. The van der Waals surface area contributed by atoms with Gasteiger partial charge in [0.25, 0.3) is 0 Å². The van der Waals surface area contributed by atoms with E-state index in [0.717, 1.165) is 18.4 Å². The van der Waals surface area contributed by atoms with E-state index >= 15 is 0 Å². The zero-order valence-corrected chi connectivity index (χ0v) is 19.3. The Morgan fingerprint density at radius 3 is 1.79 bits per heavy atom. The molecule has 0 spiro atoms. The molecule has 166 valence electrons. The molecule has 0 unspecified atom stereocenters. The van der Waals surface area contributed by atoms with E-state index in [1.165, 1.54) is 70.6 Å². The first-order chi connectivity index (χ1) is 14.2. The standard InChI is InChI=1S/C26H45NO2/c1-4-5-6-7-8-9-10-11-12-13-14-15-19-22-25(28)29-26(23(2)27-3)24-20-17-16-18-21-24/h16-18,20-21,23,26-27H,4-15,19,22H2,1-3H3/t23-,26-/m1/s1. The third-order valence-corrected chi connectivity index (χ3v) is 5.78. The van der Waals surface area contributed by atoms with Crippen molar-refractivity contribution in [1.29, 1.82) is 0 Å². The van der Waals surface area contributed by atoms with E-state index in [1.807, 2.05) is 37.4 Å². The number of carbonyl (C=O) groups excluding carboxylic acids is 1. The number of nitrogens with one attached hydrogen (secondary N) is 1. The Balaban J connectivity index is 2.05. The zero-order valence-electron chi connectivity index (χ0n) is 19.3. The summed E-state index contributed by atoms with van der Waals surface area (Å²) in [4.78, 5) is 12.3. The fourth-order valence-electron chi connectivity index (χ4n) is 3.74. The van der Waals surface area contributed by atoms with Gasteiger partial charge in [-0.25, -0.2) is 0 Å². The normalized spacial score (nSPS) is 13.2. The van der Waals surface area contributed by atoms with Gasteiger partial charge >= 0.3 is 5.97 Å². The molecule has 0 aliphatic heterocycles. The topological polar surface area (TPSA) is 38.3 Å². The lowest BCUT2D eigenvalue weighted by Gasteiger charge is -2.24. The number of carbonyl (C=O) groups is 1. The molecule has 0 aromatic heterocycles. The van der Waals surface area contributed by atoms with Gasteiger partial charge in [0.1, 0.15) is 6.10 Å². The summed E-state index contributed by atoms with van der Waals surface area (Å²) in [5.74, 6) is -0.0796. The molecule has 2 atom stereocenters. The van der Waals surface area contributed by atoms with Crippen LogP contribution >= 0.6 is 0 Å². The first kappa shape index (κ1) is 25.7. The Morgan fingerprint density at radius 1 is 0.828 bits per heavy atom. The fourth-order valence-corrected chi connectivity index (χ4v) is 3.74. The highest BCUT2D eigenvalue weighted by Gasteiger charge is 2.22. The Hall–Kier alpha value is -1.35. The number of esters is 1. The van der Waals surface area contributed by atoms with Crippen LogP contribution < -0.4 is 5.32 Å². The number of hydrogen-bond donors (Lipinski definition) is 1. The molecule has 0 saturated carbocycles. The maximum atomic E-state index is 12.3. The summed E-state index contributed by atoms with van der Waals surface area (Å²) in [5.41, 5.74) is 1.05. The highest BCUT2D eigenvalue weighted by atomic mass is 16.5. The molecular formula is C26H45NO2. The number of likely N-dealkylation sites (N-methyl/N-ethyl adjacent to an activating group) is 1. The SMILES string of the molecule is CCCCCCCCCCCCCCCC(=O)O[C@@H](c1ccccc1)[C@@H](C)NC. The van der Waals surface area contributed by atoms with Crippen molar-refractivity contribution in [1.82, 2.24) is 5.32 Å². The zero-order chi connectivity index (χ0) is 21.2. The number of benzene rings is 1. The lowest BCUT2D eigenvalue weighted by Crippen LogP contribution is -2.32. The Bertz CT molecular complexity index is 503. The molecule has 0 amide bonds. The average molecular weight is 404 g/mol. The first-order valence-corrected chi connectivity index (χ1v) is 12.1. The van der Waals surface area contributed by atoms with Crippen LogP contribution in [0.4, 0.5) is 0 Å². The van der Waals surface area contributed by atoms with Gasteiger partial charge in [-0.3, -0.25) is 4.79 Å². The summed E-state index contributed by atoms with van der Waals surface area (Å²) in [5, 5.41) is 3.21.